The molecule has 0 N–H and O–H groups in total. The van der Waals surface area contributed by atoms with Crippen LogP contribution >= 0.6 is 11.6 Å². The Morgan fingerprint density at radius 2 is 2.00 bits per heavy atom. The summed E-state index contributed by atoms with van der Waals surface area (Å²) in [5.74, 6) is 1.10. The Morgan fingerprint density at radius 3 is 2.76 bits per heavy atom. The van der Waals surface area contributed by atoms with Gasteiger partial charge >= 0.3 is 0 Å². The highest BCUT2D eigenvalue weighted by Crippen LogP contribution is 2.35. The van der Waals surface area contributed by atoms with Gasteiger partial charge in [0.15, 0.2) is 5.78 Å². The van der Waals surface area contributed by atoms with Crippen molar-refractivity contribution < 1.29 is 4.79 Å². The van der Waals surface area contributed by atoms with E-state index in [2.05, 4.69) is 4.90 Å². The van der Waals surface area contributed by atoms with Crippen LogP contribution in [-0.2, 0) is 0 Å². The molecule has 1 unspecified atom stereocenters. The maximum absolute atomic E-state index is 12.3. The molecular formula is C18H24ClNO. The number of hydrogen-bond donors (Lipinski definition) is 0. The lowest BCUT2D eigenvalue weighted by molar-refractivity contribution is 0.0951. The van der Waals surface area contributed by atoms with Crippen LogP contribution in [0.5, 0.6) is 0 Å². The normalized spacial score (nSPS) is 23.8. The van der Waals surface area contributed by atoms with Crippen molar-refractivity contribution in [1.82, 2.24) is 4.90 Å². The first-order valence-corrected chi connectivity index (χ1v) is 8.64. The van der Waals surface area contributed by atoms with Crippen molar-refractivity contribution in [3.8, 4) is 0 Å². The van der Waals surface area contributed by atoms with E-state index < -0.39 is 0 Å². The fourth-order valence-electron chi connectivity index (χ4n) is 4.06. The zero-order valence-electron chi connectivity index (χ0n) is 12.6. The maximum atomic E-state index is 12.3. The molecule has 1 heterocycles. The molecule has 2 fully saturated rings. The lowest BCUT2D eigenvalue weighted by Crippen LogP contribution is -2.36. The third-order valence-electron chi connectivity index (χ3n) is 5.13. The molecular weight excluding hydrogens is 282 g/mol. The molecule has 3 rings (SSSR count). The number of likely N-dealkylation sites (tertiary alicyclic amines) is 1. The van der Waals surface area contributed by atoms with E-state index in [1.807, 2.05) is 18.2 Å². The van der Waals surface area contributed by atoms with E-state index in [-0.39, 0.29) is 5.78 Å². The second-order valence-electron chi connectivity index (χ2n) is 6.47. The maximum Gasteiger partial charge on any atom is 0.164 e. The lowest BCUT2D eigenvalue weighted by Gasteiger charge is -2.29. The van der Waals surface area contributed by atoms with Crippen molar-refractivity contribution in [2.24, 2.45) is 5.92 Å². The molecule has 1 aliphatic heterocycles. The number of halogens is 1. The molecule has 114 valence electrons. The predicted molar refractivity (Wildman–Crippen MR) is 87.0 cm³/mol. The molecule has 1 saturated carbocycles. The van der Waals surface area contributed by atoms with E-state index in [1.165, 1.54) is 45.1 Å². The minimum Gasteiger partial charge on any atom is -0.300 e. The number of hydrogen-bond acceptors (Lipinski definition) is 2. The van der Waals surface area contributed by atoms with Crippen molar-refractivity contribution in [2.45, 2.75) is 51.0 Å². The summed E-state index contributed by atoms with van der Waals surface area (Å²) in [6.45, 7) is 2.08. The Kier molecular flexibility index (Phi) is 4.97. The number of benzene rings is 1. The van der Waals surface area contributed by atoms with Crippen molar-refractivity contribution in [2.75, 3.05) is 13.1 Å². The average molecular weight is 306 g/mol. The molecule has 2 aliphatic rings. The summed E-state index contributed by atoms with van der Waals surface area (Å²) in [6.07, 6.45) is 8.83. The summed E-state index contributed by atoms with van der Waals surface area (Å²) in [7, 11) is 0. The monoisotopic (exact) mass is 305 g/mol. The molecule has 1 saturated heterocycles. The van der Waals surface area contributed by atoms with Gasteiger partial charge in [0.05, 0.1) is 0 Å². The summed E-state index contributed by atoms with van der Waals surface area (Å²) in [6, 6.07) is 8.05. The molecule has 0 aromatic heterocycles. The number of carbonyl (C=O) groups excluding carboxylic acids is 1. The first-order chi connectivity index (χ1) is 10.2. The third-order valence-corrected chi connectivity index (χ3v) is 5.37. The van der Waals surface area contributed by atoms with Gasteiger partial charge in [-0.15, -0.1) is 0 Å². The molecule has 21 heavy (non-hydrogen) atoms. The SMILES string of the molecule is O=C(CCN1CCCC1C1CCCC1)c1cccc(Cl)c1. The van der Waals surface area contributed by atoms with Crippen LogP contribution in [0.4, 0.5) is 0 Å². The van der Waals surface area contributed by atoms with Gasteiger partial charge in [0.1, 0.15) is 0 Å². The quantitative estimate of drug-likeness (QED) is 0.743. The van der Waals surface area contributed by atoms with E-state index in [1.54, 1.807) is 6.07 Å². The highest BCUT2D eigenvalue weighted by Gasteiger charge is 2.33. The first-order valence-electron chi connectivity index (χ1n) is 8.27. The van der Waals surface area contributed by atoms with Crippen molar-refractivity contribution >= 4 is 17.4 Å². The van der Waals surface area contributed by atoms with Crippen molar-refractivity contribution in [1.29, 1.82) is 0 Å². The van der Waals surface area contributed by atoms with Gasteiger partial charge in [-0.3, -0.25) is 9.69 Å². The van der Waals surface area contributed by atoms with Crippen LogP contribution < -0.4 is 0 Å². The van der Waals surface area contributed by atoms with Crippen molar-refractivity contribution in [3.63, 3.8) is 0 Å². The highest BCUT2D eigenvalue weighted by molar-refractivity contribution is 6.31. The summed E-state index contributed by atoms with van der Waals surface area (Å²) >= 11 is 5.96. The van der Waals surface area contributed by atoms with Gasteiger partial charge in [-0.2, -0.15) is 0 Å². The van der Waals surface area contributed by atoms with Gasteiger partial charge in [0.2, 0.25) is 0 Å². The van der Waals surface area contributed by atoms with Gasteiger partial charge < -0.3 is 0 Å². The molecule has 3 heteroatoms. The molecule has 2 nitrogen and oxygen atoms in total. The molecule has 1 aliphatic carbocycles. The number of nitrogens with zero attached hydrogens (tertiary/aromatic N) is 1. The average Bonchev–Trinajstić information content (AvgIpc) is 3.15. The molecule has 1 atom stereocenters. The Balaban J connectivity index is 1.55. The fraction of sp³-hybridized carbons (Fsp3) is 0.611. The molecule has 0 spiro atoms. The Hall–Kier alpha value is -0.860. The summed E-state index contributed by atoms with van der Waals surface area (Å²) in [5.41, 5.74) is 0.749. The molecule has 0 amide bonds. The summed E-state index contributed by atoms with van der Waals surface area (Å²) < 4.78 is 0. The minimum absolute atomic E-state index is 0.217. The Labute approximate surface area is 132 Å². The van der Waals surface area contributed by atoms with Gasteiger partial charge in [-0.1, -0.05) is 36.6 Å². The van der Waals surface area contributed by atoms with Gasteiger partial charge in [-0.25, -0.2) is 0 Å². The van der Waals surface area contributed by atoms with E-state index in [4.69, 9.17) is 11.6 Å². The van der Waals surface area contributed by atoms with Crippen LogP contribution in [0.15, 0.2) is 24.3 Å². The minimum atomic E-state index is 0.217. The second-order valence-corrected chi connectivity index (χ2v) is 6.91. The lowest BCUT2D eigenvalue weighted by atomic mass is 9.96. The van der Waals surface area contributed by atoms with Crippen LogP contribution in [0.1, 0.15) is 55.3 Å². The number of carbonyl (C=O) groups is 1. The largest absolute Gasteiger partial charge is 0.300 e. The third kappa shape index (κ3) is 3.67. The molecule has 1 aromatic rings. The van der Waals surface area contributed by atoms with E-state index in [0.29, 0.717) is 11.4 Å². The van der Waals surface area contributed by atoms with Gasteiger partial charge in [0.25, 0.3) is 0 Å². The zero-order valence-corrected chi connectivity index (χ0v) is 13.3. The molecule has 0 radical (unpaired) electrons. The number of ketones is 1. The standard InChI is InChI=1S/C18H24ClNO/c19-16-8-3-7-15(13-16)18(21)10-12-20-11-4-9-17(20)14-5-1-2-6-14/h3,7-8,13-14,17H,1-2,4-6,9-12H2. The number of Topliss-reactive ketones (excluding diaryl/α,β-unsaturated/α-hetero) is 1. The molecule has 1 aromatic carbocycles. The van der Waals surface area contributed by atoms with Crippen LogP contribution in [0.2, 0.25) is 5.02 Å². The van der Waals surface area contributed by atoms with Crippen LogP contribution in [0.25, 0.3) is 0 Å². The van der Waals surface area contributed by atoms with Crippen LogP contribution in [0.3, 0.4) is 0 Å². The topological polar surface area (TPSA) is 20.3 Å². The van der Waals surface area contributed by atoms with Crippen LogP contribution in [0, 0.1) is 5.92 Å². The van der Waals surface area contributed by atoms with Gasteiger partial charge in [0, 0.05) is 29.6 Å². The molecule has 0 bridgehead atoms. The smallest absolute Gasteiger partial charge is 0.164 e. The summed E-state index contributed by atoms with van der Waals surface area (Å²) in [4.78, 5) is 14.9. The zero-order chi connectivity index (χ0) is 14.7. The highest BCUT2D eigenvalue weighted by atomic mass is 35.5. The Morgan fingerprint density at radius 1 is 1.19 bits per heavy atom. The Bertz CT molecular complexity index is 496. The second kappa shape index (κ2) is 6.93. The predicted octanol–water partition coefficient (Wildman–Crippen LogP) is 4.57. The van der Waals surface area contributed by atoms with Gasteiger partial charge in [-0.05, 0) is 50.3 Å². The van der Waals surface area contributed by atoms with E-state index in [9.17, 15) is 4.79 Å². The van der Waals surface area contributed by atoms with Crippen LogP contribution in [-0.4, -0.2) is 29.8 Å². The first kappa shape index (κ1) is 15.1. The summed E-state index contributed by atoms with van der Waals surface area (Å²) in [5, 5.41) is 0.644. The van der Waals surface area contributed by atoms with Crippen molar-refractivity contribution in [3.05, 3.63) is 34.9 Å². The number of rotatable bonds is 5. The van der Waals surface area contributed by atoms with E-state index >= 15 is 0 Å². The fourth-order valence-corrected chi connectivity index (χ4v) is 4.25. The van der Waals surface area contributed by atoms with E-state index in [0.717, 1.165) is 24.1 Å².